The van der Waals surface area contributed by atoms with Gasteiger partial charge in [-0.1, -0.05) is 45.2 Å². The van der Waals surface area contributed by atoms with Gasteiger partial charge in [-0.15, -0.1) is 24.6 Å². The number of piperidine rings is 1. The van der Waals surface area contributed by atoms with Crippen LogP contribution in [0.4, 0.5) is 0 Å². The summed E-state index contributed by atoms with van der Waals surface area (Å²) in [6.45, 7) is 11.1. The van der Waals surface area contributed by atoms with E-state index in [1.807, 2.05) is 26.8 Å². The number of carbonyl (C=O) groups is 2. The second kappa shape index (κ2) is 13.5. The fourth-order valence-corrected chi connectivity index (χ4v) is 1.93. The molecular weight excluding hydrogens is 476 g/mol. The van der Waals surface area contributed by atoms with E-state index in [1.54, 1.807) is 23.8 Å². The van der Waals surface area contributed by atoms with Crippen molar-refractivity contribution in [2.24, 2.45) is 0 Å². The monoisotopic (exact) mass is 501 g/mol. The molecule has 1 aliphatic heterocycles. The van der Waals surface area contributed by atoms with Gasteiger partial charge < -0.3 is 9.78 Å². The summed E-state index contributed by atoms with van der Waals surface area (Å²) in [6, 6.07) is -0.447. The van der Waals surface area contributed by atoms with E-state index in [9.17, 15) is 9.59 Å². The molecule has 1 fully saturated rings. The normalized spacial score (nSPS) is 15.7. The summed E-state index contributed by atoms with van der Waals surface area (Å²) < 4.78 is 1.61. The molecule has 2 rings (SSSR count). The zero-order valence-corrected chi connectivity index (χ0v) is 17.3. The van der Waals surface area contributed by atoms with Gasteiger partial charge in [0.1, 0.15) is 6.04 Å². The number of rotatable bonds is 3. The Kier molecular flexibility index (Phi) is 13.7. The topological polar surface area (TPSA) is 64.0 Å². The Morgan fingerprint density at radius 3 is 2.54 bits per heavy atom. The molecule has 1 aromatic heterocycles. The minimum Gasteiger partial charge on any atom is -0.349 e. The van der Waals surface area contributed by atoms with E-state index in [0.717, 1.165) is 11.3 Å². The van der Waals surface area contributed by atoms with E-state index >= 15 is 0 Å². The van der Waals surface area contributed by atoms with Crippen LogP contribution < -0.4 is 5.32 Å². The Morgan fingerprint density at radius 1 is 1.46 bits per heavy atom. The van der Waals surface area contributed by atoms with Crippen LogP contribution in [0.25, 0.3) is 6.08 Å². The fourth-order valence-electron chi connectivity index (χ4n) is 1.93. The molecule has 2 amide bonds. The molecule has 0 aromatic carbocycles. The first-order valence-electron chi connectivity index (χ1n) is 7.52. The molecule has 1 N–H and O–H groups in total. The zero-order valence-electron chi connectivity index (χ0n) is 14.6. The third-order valence-corrected chi connectivity index (χ3v) is 2.85. The summed E-state index contributed by atoms with van der Waals surface area (Å²) in [5.41, 5.74) is 1.67. The maximum atomic E-state index is 11.8. The molecular formula is C18H24N3O2Re-. The first kappa shape index (κ1) is 24.3. The van der Waals surface area contributed by atoms with Crippen molar-refractivity contribution in [1.29, 1.82) is 0 Å². The van der Waals surface area contributed by atoms with E-state index < -0.39 is 6.04 Å². The molecule has 131 valence electrons. The minimum atomic E-state index is -0.447. The Bertz CT molecular complexity index is 612. The minimum absolute atomic E-state index is 0. The number of nitrogens with one attached hydrogen (secondary N) is 1. The fraction of sp³-hybridized carbons (Fsp3) is 0.389. The number of aryl methyl sites for hydroxylation is 1. The van der Waals surface area contributed by atoms with E-state index in [1.165, 1.54) is 0 Å². The van der Waals surface area contributed by atoms with E-state index in [4.69, 9.17) is 0 Å². The summed E-state index contributed by atoms with van der Waals surface area (Å²) in [4.78, 5) is 22.9. The molecule has 5 nitrogen and oxygen atoms in total. The Balaban J connectivity index is 0. The van der Waals surface area contributed by atoms with Crippen molar-refractivity contribution in [2.45, 2.75) is 46.6 Å². The van der Waals surface area contributed by atoms with Crippen molar-refractivity contribution >= 4 is 17.9 Å². The maximum Gasteiger partial charge on any atom is 0.249 e. The molecule has 1 aromatic rings. The summed E-state index contributed by atoms with van der Waals surface area (Å²) >= 11 is 0. The van der Waals surface area contributed by atoms with E-state index in [2.05, 4.69) is 35.5 Å². The van der Waals surface area contributed by atoms with Crippen molar-refractivity contribution in [3.63, 3.8) is 0 Å². The van der Waals surface area contributed by atoms with Gasteiger partial charge >= 0.3 is 0 Å². The number of allylic oxidation sites excluding steroid dienone is 2. The molecule has 1 aliphatic rings. The summed E-state index contributed by atoms with van der Waals surface area (Å²) in [5, 5.41) is 6.43. The molecule has 6 heteroatoms. The van der Waals surface area contributed by atoms with Gasteiger partial charge in [0.25, 0.3) is 0 Å². The van der Waals surface area contributed by atoms with Crippen molar-refractivity contribution in [2.75, 3.05) is 0 Å². The van der Waals surface area contributed by atoms with Crippen LogP contribution in [0.2, 0.25) is 0 Å². The van der Waals surface area contributed by atoms with Crippen LogP contribution in [0, 0.1) is 25.5 Å². The van der Waals surface area contributed by atoms with Gasteiger partial charge in [-0.05, 0) is 13.3 Å². The standard InChI is InChI=1S/C13H14N3O2.C3H4.C2H6.Re/c1-3-4-5-10-9(2)8-14-16(10)11-6-7-12(17)15-13(11)18;1-3-2;1-2;/h3-5,11H,1,6-7H2,2H3,(H,15,17,18);1H,2H3;1-2H3;/q-1;;;/b5-4-;;;. The number of terminal acetylenes is 1. The molecule has 0 aliphatic carbocycles. The Morgan fingerprint density at radius 2 is 2.04 bits per heavy atom. The van der Waals surface area contributed by atoms with Crippen LogP contribution in [-0.2, 0) is 30.0 Å². The molecule has 0 saturated carbocycles. The largest absolute Gasteiger partial charge is 0.349 e. The number of amides is 2. The molecule has 1 radical (unpaired) electrons. The van der Waals surface area contributed by atoms with E-state index in [0.29, 0.717) is 12.8 Å². The van der Waals surface area contributed by atoms with Gasteiger partial charge in [0.15, 0.2) is 0 Å². The average molecular weight is 501 g/mol. The molecule has 1 atom stereocenters. The zero-order chi connectivity index (χ0) is 17.8. The SMILES string of the molecule is C#CC.C=C/C=C\c1c(C)[c-]nn1C1CCC(=O)NC1=O.CC.[Re]. The first-order chi connectivity index (χ1) is 11.0. The van der Waals surface area contributed by atoms with E-state index in [-0.39, 0.29) is 32.2 Å². The smallest absolute Gasteiger partial charge is 0.249 e. The quantitative estimate of drug-likeness (QED) is 0.301. The average Bonchev–Trinajstić information content (AvgIpc) is 2.89. The molecule has 2 heterocycles. The van der Waals surface area contributed by atoms with Crippen LogP contribution >= 0.6 is 0 Å². The second-order valence-electron chi connectivity index (χ2n) is 4.42. The van der Waals surface area contributed by atoms with Gasteiger partial charge in [0.05, 0.1) is 0 Å². The van der Waals surface area contributed by atoms with Crippen LogP contribution in [0.15, 0.2) is 18.7 Å². The van der Waals surface area contributed by atoms with Crippen LogP contribution in [0.1, 0.15) is 50.9 Å². The third-order valence-electron chi connectivity index (χ3n) is 2.85. The summed E-state index contributed by atoms with van der Waals surface area (Å²) in [6.07, 6.45) is 13.5. The molecule has 24 heavy (non-hydrogen) atoms. The maximum absolute atomic E-state index is 11.8. The third kappa shape index (κ3) is 7.09. The number of nitrogens with zero attached hydrogens (tertiary/aromatic N) is 2. The second-order valence-corrected chi connectivity index (χ2v) is 4.42. The van der Waals surface area contributed by atoms with Gasteiger partial charge in [-0.25, -0.2) is 0 Å². The predicted octanol–water partition coefficient (Wildman–Crippen LogP) is 2.83. The van der Waals surface area contributed by atoms with Crippen LogP contribution in [0.3, 0.4) is 0 Å². The van der Waals surface area contributed by atoms with Gasteiger partial charge in [0.2, 0.25) is 11.8 Å². The van der Waals surface area contributed by atoms with Crippen molar-refractivity contribution in [3.05, 3.63) is 36.2 Å². The Labute approximate surface area is 158 Å². The van der Waals surface area contributed by atoms with Crippen molar-refractivity contribution in [3.8, 4) is 12.3 Å². The molecule has 0 bridgehead atoms. The summed E-state index contributed by atoms with van der Waals surface area (Å²) in [7, 11) is 0. The number of carbonyl (C=O) groups excluding carboxylic acids is 2. The summed E-state index contributed by atoms with van der Waals surface area (Å²) in [5.74, 6) is 1.71. The molecule has 0 spiro atoms. The molecule has 1 unspecified atom stereocenters. The van der Waals surface area contributed by atoms with Crippen molar-refractivity contribution in [1.82, 2.24) is 15.1 Å². The molecule has 1 saturated heterocycles. The van der Waals surface area contributed by atoms with Gasteiger partial charge in [0, 0.05) is 26.8 Å². The number of aromatic nitrogens is 2. The number of hydrogen-bond acceptors (Lipinski definition) is 3. The first-order valence-corrected chi connectivity index (χ1v) is 7.52. The van der Waals surface area contributed by atoms with Gasteiger partial charge in [-0.3, -0.25) is 14.9 Å². The Hall–Kier alpha value is -1.95. The number of imide groups is 1. The van der Waals surface area contributed by atoms with Gasteiger partial charge in [-0.2, -0.15) is 5.56 Å². The van der Waals surface area contributed by atoms with Crippen molar-refractivity contribution < 1.29 is 30.0 Å². The predicted molar refractivity (Wildman–Crippen MR) is 92.3 cm³/mol. The van der Waals surface area contributed by atoms with Crippen LogP contribution in [-0.4, -0.2) is 21.6 Å². The number of hydrogen-bond donors (Lipinski definition) is 1. The van der Waals surface area contributed by atoms with Crippen LogP contribution in [0.5, 0.6) is 0 Å².